The van der Waals surface area contributed by atoms with E-state index in [0.717, 1.165) is 40.1 Å². The van der Waals surface area contributed by atoms with Gasteiger partial charge < -0.3 is 28.2 Å². The molecule has 4 fully saturated rings. The van der Waals surface area contributed by atoms with Crippen molar-refractivity contribution in [3.05, 3.63) is 28.2 Å². The van der Waals surface area contributed by atoms with Gasteiger partial charge in [0.25, 0.3) is 5.91 Å². The predicted octanol–water partition coefficient (Wildman–Crippen LogP) is 1.01. The molecule has 0 aliphatic heterocycles. The summed E-state index contributed by atoms with van der Waals surface area (Å²) in [4.78, 5) is 11.0. The van der Waals surface area contributed by atoms with E-state index in [4.69, 9.17) is 10.5 Å². The minimum absolute atomic E-state index is 0. The Hall–Kier alpha value is -0.780. The molecule has 4 saturated carbocycles. The van der Waals surface area contributed by atoms with Gasteiger partial charge in [0.1, 0.15) is 5.75 Å². The average molecular weight is 457 g/mol. The van der Waals surface area contributed by atoms with E-state index < -0.39 is 5.91 Å². The summed E-state index contributed by atoms with van der Waals surface area (Å²) in [7, 11) is 0. The number of hydrogen-bond acceptors (Lipinski definition) is 3. The summed E-state index contributed by atoms with van der Waals surface area (Å²) in [5.41, 5.74) is 6.77. The second kappa shape index (κ2) is 8.30. The molecule has 1 atom stereocenters. The van der Waals surface area contributed by atoms with Crippen LogP contribution in [0.1, 0.15) is 51.0 Å². The monoisotopic (exact) mass is 455 g/mol. The van der Waals surface area contributed by atoms with E-state index in [2.05, 4.69) is 34.2 Å². The first-order valence-corrected chi connectivity index (χ1v) is 10.7. The van der Waals surface area contributed by atoms with Crippen LogP contribution in [-0.2, 0) is 11.3 Å². The van der Waals surface area contributed by atoms with Crippen molar-refractivity contribution in [1.82, 2.24) is 5.32 Å². The number of ether oxygens (including phenoxy) is 1. The molecular weight excluding hydrogens is 428 g/mol. The topological polar surface area (TPSA) is 64.3 Å². The van der Waals surface area contributed by atoms with Crippen molar-refractivity contribution < 1.29 is 21.9 Å². The second-order valence-electron chi connectivity index (χ2n) is 8.89. The number of nitrogens with one attached hydrogen (secondary N) is 1. The fraction of sp³-hybridized carbons (Fsp3) is 0.667. The summed E-state index contributed by atoms with van der Waals surface area (Å²) in [6.45, 7) is 3.03. The number of amides is 1. The zero-order valence-electron chi connectivity index (χ0n) is 15.8. The summed E-state index contributed by atoms with van der Waals surface area (Å²) >= 11 is 3.54. The molecule has 1 aromatic carbocycles. The molecule has 5 rings (SSSR count). The maximum absolute atomic E-state index is 11.0. The molecule has 4 aliphatic rings. The van der Waals surface area contributed by atoms with Crippen LogP contribution < -0.4 is 28.2 Å². The van der Waals surface area contributed by atoms with Crippen molar-refractivity contribution in [2.24, 2.45) is 28.9 Å². The maximum atomic E-state index is 11.0. The number of benzene rings is 1. The van der Waals surface area contributed by atoms with Gasteiger partial charge in [-0.15, -0.1) is 0 Å². The lowest BCUT2D eigenvalue weighted by molar-refractivity contribution is -0.119. The minimum atomic E-state index is -0.450. The molecule has 0 radical (unpaired) electrons. The largest absolute Gasteiger partial charge is 1.00 e. The molecule has 0 heterocycles. The summed E-state index contributed by atoms with van der Waals surface area (Å²) in [6, 6.07) is 6.40. The first-order chi connectivity index (χ1) is 12.4. The normalized spacial score (nSPS) is 32.0. The summed E-state index contributed by atoms with van der Waals surface area (Å²) < 4.78 is 6.62. The lowest BCUT2D eigenvalue weighted by atomic mass is 9.48. The standard InChI is InChI=1S/C21H29BrN2O2.ClH/c1-13(21-8-14-4-15(9-21)6-16(5-14)10-21)24-11-17-7-18(22)2-3-19(17)26-12-20(23)25;/h2-3,7,13-16,24H,4-6,8-12H2,1H3,(H2,23,25);1H/p-1. The molecule has 0 spiro atoms. The first-order valence-electron chi connectivity index (χ1n) is 9.86. The summed E-state index contributed by atoms with van der Waals surface area (Å²) in [5, 5.41) is 3.79. The SMILES string of the molecule is CC(NCc1cc(Br)ccc1OCC(N)=O)C12CC3CC(CC(C3)C1)C2.[Cl-]. The number of rotatable bonds is 7. The lowest BCUT2D eigenvalue weighted by Gasteiger charge is -2.59. The Labute approximate surface area is 176 Å². The van der Waals surface area contributed by atoms with Crippen LogP contribution in [-0.4, -0.2) is 18.6 Å². The Kier molecular flexibility index (Phi) is 6.44. The van der Waals surface area contributed by atoms with Gasteiger partial charge in [-0.3, -0.25) is 4.79 Å². The number of nitrogens with two attached hydrogens (primary N) is 1. The van der Waals surface area contributed by atoms with Crippen molar-refractivity contribution in [3.63, 3.8) is 0 Å². The van der Waals surface area contributed by atoms with Crippen LogP contribution in [0.25, 0.3) is 0 Å². The van der Waals surface area contributed by atoms with Crippen LogP contribution in [0.5, 0.6) is 5.75 Å². The zero-order valence-corrected chi connectivity index (χ0v) is 18.2. The van der Waals surface area contributed by atoms with Crippen LogP contribution in [0.15, 0.2) is 22.7 Å². The summed E-state index contributed by atoms with van der Waals surface area (Å²) in [5.74, 6) is 3.17. The maximum Gasteiger partial charge on any atom is 0.255 e. The smallest absolute Gasteiger partial charge is 0.255 e. The van der Waals surface area contributed by atoms with Gasteiger partial charge in [-0.1, -0.05) is 15.9 Å². The van der Waals surface area contributed by atoms with E-state index in [1.54, 1.807) is 0 Å². The fourth-order valence-electron chi connectivity index (χ4n) is 6.16. The molecule has 4 aliphatic carbocycles. The molecule has 4 nitrogen and oxygen atoms in total. The van der Waals surface area contributed by atoms with Crippen LogP contribution in [0.2, 0.25) is 0 Å². The Balaban J connectivity index is 0.00000210. The van der Waals surface area contributed by atoms with E-state index in [-0.39, 0.29) is 19.0 Å². The van der Waals surface area contributed by atoms with Crippen molar-refractivity contribution in [2.75, 3.05) is 6.61 Å². The van der Waals surface area contributed by atoms with Gasteiger partial charge >= 0.3 is 0 Å². The predicted molar refractivity (Wildman–Crippen MR) is 106 cm³/mol. The van der Waals surface area contributed by atoms with E-state index >= 15 is 0 Å². The third-order valence-corrected chi connectivity index (χ3v) is 7.49. The minimum Gasteiger partial charge on any atom is -1.00 e. The van der Waals surface area contributed by atoms with Gasteiger partial charge in [0.2, 0.25) is 0 Å². The van der Waals surface area contributed by atoms with Crippen LogP contribution in [0, 0.1) is 23.2 Å². The highest BCUT2D eigenvalue weighted by atomic mass is 79.9. The van der Waals surface area contributed by atoms with Crippen molar-refractivity contribution in [2.45, 2.75) is 58.0 Å². The molecule has 0 saturated heterocycles. The molecule has 27 heavy (non-hydrogen) atoms. The first kappa shape index (κ1) is 20.9. The Morgan fingerprint density at radius 2 is 1.85 bits per heavy atom. The molecule has 0 aromatic heterocycles. The van der Waals surface area contributed by atoms with E-state index in [1.807, 2.05) is 12.1 Å². The van der Waals surface area contributed by atoms with Crippen molar-refractivity contribution in [1.29, 1.82) is 0 Å². The Morgan fingerprint density at radius 1 is 1.26 bits per heavy atom. The van der Waals surface area contributed by atoms with E-state index in [0.29, 0.717) is 11.5 Å². The van der Waals surface area contributed by atoms with Gasteiger partial charge in [0, 0.05) is 22.6 Å². The summed E-state index contributed by atoms with van der Waals surface area (Å²) in [6.07, 6.45) is 8.62. The third kappa shape index (κ3) is 4.46. The number of hydrogen-bond donors (Lipinski definition) is 2. The van der Waals surface area contributed by atoms with E-state index in [1.165, 1.54) is 38.5 Å². The molecule has 6 heteroatoms. The van der Waals surface area contributed by atoms with Crippen LogP contribution >= 0.6 is 15.9 Å². The van der Waals surface area contributed by atoms with Crippen LogP contribution in [0.3, 0.4) is 0 Å². The molecule has 150 valence electrons. The number of carbonyl (C=O) groups excluding carboxylic acids is 1. The number of halogens is 2. The second-order valence-corrected chi connectivity index (χ2v) is 9.81. The molecular formula is C21H29BrClN2O2-. The quantitative estimate of drug-likeness (QED) is 0.644. The Morgan fingerprint density at radius 3 is 2.41 bits per heavy atom. The van der Waals surface area contributed by atoms with Crippen molar-refractivity contribution >= 4 is 21.8 Å². The lowest BCUT2D eigenvalue weighted by Crippen LogP contribution is -3.00. The van der Waals surface area contributed by atoms with Gasteiger partial charge in [-0.2, -0.15) is 0 Å². The van der Waals surface area contributed by atoms with Gasteiger partial charge in [0.05, 0.1) is 0 Å². The molecule has 1 aromatic rings. The number of primary amides is 1. The van der Waals surface area contributed by atoms with Crippen LogP contribution in [0.4, 0.5) is 0 Å². The zero-order chi connectivity index (χ0) is 18.3. The highest BCUT2D eigenvalue weighted by Crippen LogP contribution is 2.61. The molecule has 3 N–H and O–H groups in total. The van der Waals surface area contributed by atoms with Gasteiger partial charge in [-0.05, 0) is 86.8 Å². The Bertz CT molecular complexity index is 661. The molecule has 1 unspecified atom stereocenters. The highest BCUT2D eigenvalue weighted by molar-refractivity contribution is 9.10. The van der Waals surface area contributed by atoms with Crippen molar-refractivity contribution in [3.8, 4) is 5.75 Å². The number of carbonyl (C=O) groups is 1. The van der Waals surface area contributed by atoms with Gasteiger partial charge in [-0.25, -0.2) is 0 Å². The van der Waals surface area contributed by atoms with E-state index in [9.17, 15) is 4.79 Å². The third-order valence-electron chi connectivity index (χ3n) is 7.00. The fourth-order valence-corrected chi connectivity index (χ4v) is 6.57. The average Bonchev–Trinajstić information content (AvgIpc) is 2.57. The molecule has 4 bridgehead atoms. The van der Waals surface area contributed by atoms with Gasteiger partial charge in [0.15, 0.2) is 6.61 Å². The highest BCUT2D eigenvalue weighted by Gasteiger charge is 2.52. The molecule has 1 amide bonds.